The molecule has 4 nitrogen and oxygen atoms in total. The van der Waals surface area contributed by atoms with Crippen molar-refractivity contribution in [2.45, 2.75) is 32.9 Å². The van der Waals surface area contributed by atoms with Crippen LogP contribution in [0.3, 0.4) is 0 Å². The molecule has 9 heteroatoms. The highest BCUT2D eigenvalue weighted by molar-refractivity contribution is 7.13. The molecule has 0 fully saturated rings. The average molecular weight is 457 g/mol. The van der Waals surface area contributed by atoms with Gasteiger partial charge < -0.3 is 10.2 Å². The van der Waals surface area contributed by atoms with E-state index in [0.29, 0.717) is 23.6 Å². The Bertz CT molecular complexity index is 973. The lowest BCUT2D eigenvalue weighted by atomic mass is 10.1. The predicted octanol–water partition coefficient (Wildman–Crippen LogP) is 6.56. The summed E-state index contributed by atoms with van der Waals surface area (Å²) in [5, 5.41) is 4.83. The second-order valence-corrected chi connectivity index (χ2v) is 8.23. The van der Waals surface area contributed by atoms with E-state index < -0.39 is 11.7 Å². The molecule has 0 bridgehead atoms. The number of alkyl halides is 3. The minimum atomic E-state index is -4.54. The zero-order valence-corrected chi connectivity index (χ0v) is 18.5. The van der Waals surface area contributed by atoms with Gasteiger partial charge in [-0.15, -0.1) is 11.3 Å². The summed E-state index contributed by atoms with van der Waals surface area (Å²) in [4.78, 5) is 12.3. The Labute approximate surface area is 183 Å². The van der Waals surface area contributed by atoms with E-state index in [1.807, 2.05) is 17.5 Å². The Hall–Kier alpha value is -1.90. The smallest absolute Gasteiger partial charge is 0.368 e. The van der Waals surface area contributed by atoms with E-state index in [1.54, 1.807) is 0 Å². The lowest BCUT2D eigenvalue weighted by Gasteiger charge is -2.18. The molecule has 0 aliphatic heterocycles. The van der Waals surface area contributed by atoms with Gasteiger partial charge in [0.25, 0.3) is 0 Å². The monoisotopic (exact) mass is 456 g/mol. The Morgan fingerprint density at radius 2 is 1.83 bits per heavy atom. The second-order valence-electron chi connectivity index (χ2n) is 6.88. The van der Waals surface area contributed by atoms with Crippen LogP contribution in [-0.4, -0.2) is 41.0 Å². The van der Waals surface area contributed by atoms with Gasteiger partial charge in [-0.3, -0.25) is 0 Å². The number of benzene rings is 1. The minimum Gasteiger partial charge on any atom is -0.368 e. The van der Waals surface area contributed by atoms with E-state index in [0.717, 1.165) is 43.4 Å². The summed E-state index contributed by atoms with van der Waals surface area (Å²) in [5.41, 5.74) is 0.221. The summed E-state index contributed by atoms with van der Waals surface area (Å²) < 4.78 is 39.7. The van der Waals surface area contributed by atoms with Crippen molar-refractivity contribution >= 4 is 39.8 Å². The van der Waals surface area contributed by atoms with Crippen LogP contribution in [0, 0.1) is 0 Å². The molecule has 1 N–H and O–H groups in total. The van der Waals surface area contributed by atoms with E-state index >= 15 is 0 Å². The van der Waals surface area contributed by atoms with Gasteiger partial charge in [0.2, 0.25) is 0 Å². The summed E-state index contributed by atoms with van der Waals surface area (Å²) in [6, 6.07) is 6.02. The predicted molar refractivity (Wildman–Crippen MR) is 118 cm³/mol. The van der Waals surface area contributed by atoms with Crippen molar-refractivity contribution in [1.29, 1.82) is 0 Å². The third-order valence-corrected chi connectivity index (χ3v) is 6.09. The van der Waals surface area contributed by atoms with Gasteiger partial charge in [0, 0.05) is 6.54 Å². The zero-order chi connectivity index (χ0) is 21.7. The molecule has 30 heavy (non-hydrogen) atoms. The Morgan fingerprint density at radius 1 is 1.10 bits per heavy atom. The summed E-state index contributed by atoms with van der Waals surface area (Å²) in [6.07, 6.45) is -2.59. The summed E-state index contributed by atoms with van der Waals surface area (Å²) in [5.74, 6) is 0.489. The molecule has 1 aromatic carbocycles. The Morgan fingerprint density at radius 3 is 2.47 bits per heavy atom. The van der Waals surface area contributed by atoms with Gasteiger partial charge in [-0.1, -0.05) is 31.5 Å². The third-order valence-electron chi connectivity index (χ3n) is 4.90. The normalized spacial score (nSPS) is 12.1. The first-order valence-corrected chi connectivity index (χ1v) is 11.2. The molecule has 0 saturated carbocycles. The van der Waals surface area contributed by atoms with Crippen molar-refractivity contribution in [2.75, 3.05) is 31.5 Å². The van der Waals surface area contributed by atoms with Crippen LogP contribution in [-0.2, 0) is 6.18 Å². The number of nitrogens with one attached hydrogen (secondary N) is 1. The highest BCUT2D eigenvalue weighted by atomic mass is 35.5. The van der Waals surface area contributed by atoms with Crippen molar-refractivity contribution in [1.82, 2.24) is 14.9 Å². The topological polar surface area (TPSA) is 41.0 Å². The van der Waals surface area contributed by atoms with Crippen LogP contribution in [0.15, 0.2) is 29.6 Å². The lowest BCUT2D eigenvalue weighted by Crippen LogP contribution is -2.24. The van der Waals surface area contributed by atoms with Crippen LogP contribution in [0.4, 0.5) is 19.0 Å². The molecule has 3 rings (SSSR count). The first kappa shape index (κ1) is 22.8. The second kappa shape index (κ2) is 9.94. The van der Waals surface area contributed by atoms with Crippen LogP contribution >= 0.6 is 22.9 Å². The number of thiophene rings is 1. The average Bonchev–Trinajstić information content (AvgIpc) is 3.23. The number of hydrogen-bond acceptors (Lipinski definition) is 5. The molecule has 0 amide bonds. The van der Waals surface area contributed by atoms with Crippen LogP contribution in [0.1, 0.15) is 32.3 Å². The van der Waals surface area contributed by atoms with Crippen LogP contribution in [0.5, 0.6) is 0 Å². The lowest BCUT2D eigenvalue weighted by molar-refractivity contribution is -0.137. The molecule has 2 aromatic heterocycles. The number of unbranched alkanes of at least 4 members (excludes halogenated alkanes) is 1. The molecule has 0 spiro atoms. The number of nitrogens with zero attached hydrogens (tertiary/aromatic N) is 3. The van der Waals surface area contributed by atoms with Gasteiger partial charge in [-0.05, 0) is 56.1 Å². The van der Waals surface area contributed by atoms with Crippen LogP contribution in [0.25, 0.3) is 21.6 Å². The minimum absolute atomic E-state index is 0.165. The van der Waals surface area contributed by atoms with Gasteiger partial charge in [-0.2, -0.15) is 13.2 Å². The number of anilines is 1. The maximum atomic E-state index is 13.2. The number of aromatic nitrogens is 2. The molecular weight excluding hydrogens is 433 g/mol. The van der Waals surface area contributed by atoms with Crippen LogP contribution in [0.2, 0.25) is 5.02 Å². The van der Waals surface area contributed by atoms with Gasteiger partial charge in [-0.25, -0.2) is 9.97 Å². The number of hydrogen-bond donors (Lipinski definition) is 1. The number of halogens is 4. The summed E-state index contributed by atoms with van der Waals surface area (Å²) in [7, 11) is 0. The summed E-state index contributed by atoms with van der Waals surface area (Å²) in [6.45, 7) is 8.00. The van der Waals surface area contributed by atoms with Gasteiger partial charge >= 0.3 is 6.18 Å². The van der Waals surface area contributed by atoms with Crippen molar-refractivity contribution in [2.24, 2.45) is 0 Å². The van der Waals surface area contributed by atoms with Gasteiger partial charge in [0.1, 0.15) is 5.69 Å². The maximum absolute atomic E-state index is 13.2. The number of fused-ring (bicyclic) bond motifs is 1. The molecule has 0 aliphatic carbocycles. The highest BCUT2D eigenvalue weighted by Crippen LogP contribution is 2.38. The molecule has 0 aliphatic rings. The Balaban J connectivity index is 1.87. The van der Waals surface area contributed by atoms with Crippen molar-refractivity contribution in [3.63, 3.8) is 0 Å². The molecule has 0 unspecified atom stereocenters. The first-order chi connectivity index (χ1) is 14.3. The maximum Gasteiger partial charge on any atom is 0.417 e. The van der Waals surface area contributed by atoms with E-state index in [9.17, 15) is 13.2 Å². The molecule has 0 radical (unpaired) electrons. The van der Waals surface area contributed by atoms with Gasteiger partial charge in [0.05, 0.1) is 26.5 Å². The molecule has 0 saturated heterocycles. The largest absolute Gasteiger partial charge is 0.417 e. The fourth-order valence-electron chi connectivity index (χ4n) is 3.21. The first-order valence-electron chi connectivity index (χ1n) is 9.92. The third kappa shape index (κ3) is 5.42. The molecular formula is C21H24ClF3N4S. The molecule has 3 aromatic rings. The fraction of sp³-hybridized carbons (Fsp3) is 0.429. The van der Waals surface area contributed by atoms with Crippen molar-refractivity contribution in [3.05, 3.63) is 40.2 Å². The summed E-state index contributed by atoms with van der Waals surface area (Å²) >= 11 is 7.37. The van der Waals surface area contributed by atoms with Crippen molar-refractivity contribution in [3.8, 4) is 10.6 Å². The van der Waals surface area contributed by atoms with E-state index in [4.69, 9.17) is 11.6 Å². The van der Waals surface area contributed by atoms with Crippen LogP contribution < -0.4 is 5.32 Å². The standard InChI is InChI=1S/C21H24ClF3N4S/c1-3-29(4-2)10-6-5-9-26-20-19(18-8-7-11-30-18)27-17-13-15(22)14(21(23,24)25)12-16(17)28-20/h7-8,11-13H,3-6,9-10H2,1-2H3,(H,26,28). The molecule has 2 heterocycles. The fourth-order valence-corrected chi connectivity index (χ4v) is 4.19. The van der Waals surface area contributed by atoms with E-state index in [1.165, 1.54) is 17.4 Å². The van der Waals surface area contributed by atoms with E-state index in [-0.39, 0.29) is 10.5 Å². The Kier molecular flexibility index (Phi) is 7.55. The highest BCUT2D eigenvalue weighted by Gasteiger charge is 2.34. The molecule has 0 atom stereocenters. The number of rotatable bonds is 9. The van der Waals surface area contributed by atoms with Crippen molar-refractivity contribution < 1.29 is 13.2 Å². The SMILES string of the molecule is CCN(CC)CCCCNc1nc2cc(C(F)(F)F)c(Cl)cc2nc1-c1cccs1. The molecule has 162 valence electrons. The zero-order valence-electron chi connectivity index (χ0n) is 16.9. The van der Waals surface area contributed by atoms with E-state index in [2.05, 4.69) is 34.0 Å². The van der Waals surface area contributed by atoms with Gasteiger partial charge in [0.15, 0.2) is 5.82 Å². The quantitative estimate of drug-likeness (QED) is 0.370.